The van der Waals surface area contributed by atoms with Gasteiger partial charge in [-0.3, -0.25) is 0 Å². The Morgan fingerprint density at radius 2 is 1.14 bits per heavy atom. The molecular weight excluding hydrogens is 268 g/mol. The van der Waals surface area contributed by atoms with E-state index >= 15 is 0 Å². The smallest absolute Gasteiger partial charge is 0.218 e. The van der Waals surface area contributed by atoms with Crippen LogP contribution in [0.25, 0.3) is 0 Å². The first-order valence-corrected chi connectivity index (χ1v) is 7.65. The van der Waals surface area contributed by atoms with Crippen molar-refractivity contribution in [2.75, 3.05) is 9.80 Å². The summed E-state index contributed by atoms with van der Waals surface area (Å²) < 4.78 is 0. The molecule has 0 amide bonds. The summed E-state index contributed by atoms with van der Waals surface area (Å²) in [6.07, 6.45) is 2.15. The first-order valence-electron chi connectivity index (χ1n) is 7.65. The van der Waals surface area contributed by atoms with E-state index in [-0.39, 0.29) is 0 Å². The van der Waals surface area contributed by atoms with Gasteiger partial charge in [0.25, 0.3) is 0 Å². The average Bonchev–Trinajstić information content (AvgIpc) is 2.80. The van der Waals surface area contributed by atoms with E-state index in [4.69, 9.17) is 0 Å². The molecule has 112 valence electrons. The average molecular weight is 290 g/mol. The fourth-order valence-electron chi connectivity index (χ4n) is 3.14. The number of aryl methyl sites for hydroxylation is 4. The molecule has 22 heavy (non-hydrogen) atoms. The van der Waals surface area contributed by atoms with Crippen molar-refractivity contribution in [3.63, 3.8) is 0 Å². The zero-order chi connectivity index (χ0) is 15.9. The summed E-state index contributed by atoms with van der Waals surface area (Å²) in [5.41, 5.74) is 8.69. The van der Waals surface area contributed by atoms with Gasteiger partial charge in [-0.25, -0.2) is 0 Å². The van der Waals surface area contributed by atoms with Crippen LogP contribution in [0.1, 0.15) is 29.2 Å². The van der Waals surface area contributed by atoms with E-state index < -0.39 is 0 Å². The highest BCUT2D eigenvalue weighted by Gasteiger charge is 2.26. The van der Waals surface area contributed by atoms with Gasteiger partial charge in [0.05, 0.1) is 0 Å². The molecule has 1 heterocycles. The molecule has 0 aromatic heterocycles. The fourth-order valence-corrected chi connectivity index (χ4v) is 3.14. The van der Waals surface area contributed by atoms with Crippen LogP contribution in [0.5, 0.6) is 0 Å². The minimum absolute atomic E-state index is 1.18. The predicted octanol–water partition coefficient (Wildman–Crippen LogP) is 5.10. The lowest BCUT2D eigenvalue weighted by Gasteiger charge is -2.25. The zero-order valence-electron chi connectivity index (χ0n) is 13.9. The molecule has 2 heteroatoms. The van der Waals surface area contributed by atoms with Gasteiger partial charge in [0.1, 0.15) is 0 Å². The number of anilines is 2. The van der Waals surface area contributed by atoms with E-state index in [2.05, 4.69) is 93.7 Å². The van der Waals surface area contributed by atoms with E-state index in [1.807, 2.05) is 0 Å². The van der Waals surface area contributed by atoms with Crippen LogP contribution in [0.15, 0.2) is 48.3 Å². The number of rotatable bonds is 2. The fraction of sp³-hybridized carbons (Fsp3) is 0.250. The topological polar surface area (TPSA) is 6.48 Å². The Bertz CT molecular complexity index is 703. The number of hydrogen-bond acceptors (Lipinski definition) is 2. The summed E-state index contributed by atoms with van der Waals surface area (Å²) in [4.78, 5) is 4.28. The van der Waals surface area contributed by atoms with Crippen molar-refractivity contribution in [1.82, 2.24) is 0 Å². The van der Waals surface area contributed by atoms with Gasteiger partial charge < -0.3 is 9.80 Å². The van der Waals surface area contributed by atoms with Crippen LogP contribution in [0.4, 0.5) is 11.4 Å². The van der Waals surface area contributed by atoms with Gasteiger partial charge in [-0.15, -0.1) is 0 Å². The van der Waals surface area contributed by atoms with Crippen LogP contribution in [0.2, 0.25) is 0 Å². The van der Waals surface area contributed by atoms with Gasteiger partial charge >= 0.3 is 0 Å². The van der Waals surface area contributed by atoms with E-state index in [0.717, 1.165) is 0 Å². The van der Waals surface area contributed by atoms with Crippen LogP contribution < -0.4 is 9.80 Å². The lowest BCUT2D eigenvalue weighted by atomic mass is 10.1. The molecule has 0 bridgehead atoms. The molecule has 0 atom stereocenters. The lowest BCUT2D eigenvalue weighted by Crippen LogP contribution is -2.22. The Balaban J connectivity index is 2.00. The molecule has 0 aliphatic carbocycles. The number of hydrogen-bond donors (Lipinski definition) is 0. The van der Waals surface area contributed by atoms with Gasteiger partial charge in [-0.1, -0.05) is 36.4 Å². The first-order chi connectivity index (χ1) is 10.5. The summed E-state index contributed by atoms with van der Waals surface area (Å²) in [6, 6.07) is 12.8. The number of benzene rings is 2. The minimum atomic E-state index is 1.18. The number of allylic oxidation sites excluding steroid dienone is 1. The summed E-state index contributed by atoms with van der Waals surface area (Å²) in [7, 11) is 0. The second-order valence-corrected chi connectivity index (χ2v) is 6.06. The third kappa shape index (κ3) is 2.39. The third-order valence-electron chi connectivity index (χ3n) is 4.22. The van der Waals surface area contributed by atoms with Gasteiger partial charge in [0, 0.05) is 23.3 Å². The zero-order valence-corrected chi connectivity index (χ0v) is 13.9. The van der Waals surface area contributed by atoms with Crippen molar-refractivity contribution in [3.8, 4) is 0 Å². The predicted molar refractivity (Wildman–Crippen MR) is 93.8 cm³/mol. The molecule has 0 unspecified atom stereocenters. The van der Waals surface area contributed by atoms with Crippen molar-refractivity contribution >= 4 is 11.4 Å². The molecule has 2 aromatic rings. The summed E-state index contributed by atoms with van der Waals surface area (Å²) in [5, 5.41) is 0. The minimum Gasteiger partial charge on any atom is -0.314 e. The van der Waals surface area contributed by atoms with Crippen molar-refractivity contribution in [2.45, 2.75) is 34.6 Å². The van der Waals surface area contributed by atoms with E-state index in [0.29, 0.717) is 0 Å². The van der Waals surface area contributed by atoms with Gasteiger partial charge in [-0.2, -0.15) is 0 Å². The monoisotopic (exact) mass is 290 g/mol. The molecule has 0 saturated carbocycles. The first kappa shape index (κ1) is 14.7. The van der Waals surface area contributed by atoms with Crippen LogP contribution >= 0.6 is 0 Å². The molecule has 0 saturated heterocycles. The second-order valence-electron chi connectivity index (χ2n) is 6.06. The Morgan fingerprint density at radius 1 is 0.682 bits per heavy atom. The van der Waals surface area contributed by atoms with Crippen molar-refractivity contribution in [1.29, 1.82) is 0 Å². The summed E-state index contributed by atoms with van der Waals surface area (Å²) in [5.74, 6) is 0. The molecule has 1 aliphatic rings. The molecule has 2 aromatic carbocycles. The van der Waals surface area contributed by atoms with Crippen molar-refractivity contribution in [2.24, 2.45) is 0 Å². The van der Waals surface area contributed by atoms with Crippen LogP contribution in [0, 0.1) is 34.4 Å². The molecule has 2 nitrogen and oxygen atoms in total. The van der Waals surface area contributed by atoms with E-state index in [1.165, 1.54) is 39.3 Å². The molecular formula is C20H22N2. The molecule has 0 spiro atoms. The standard InChI is InChI=1S/C20H22N2/c1-14-8-6-9-15(2)19(14)21-12-18(5)22(13-21)20-16(3)10-7-11-17(20)4/h6-12H,1-5H3. The highest BCUT2D eigenvalue weighted by molar-refractivity contribution is 5.72. The van der Waals surface area contributed by atoms with Crippen LogP contribution in [-0.2, 0) is 0 Å². The maximum Gasteiger partial charge on any atom is 0.218 e. The molecule has 1 aliphatic heterocycles. The summed E-state index contributed by atoms with van der Waals surface area (Å²) >= 11 is 0. The summed E-state index contributed by atoms with van der Waals surface area (Å²) in [6.45, 7) is 14.2. The van der Waals surface area contributed by atoms with Gasteiger partial charge in [0.2, 0.25) is 6.67 Å². The Kier molecular flexibility index (Phi) is 3.69. The Morgan fingerprint density at radius 3 is 1.64 bits per heavy atom. The Hall–Kier alpha value is -2.22. The molecule has 3 rings (SSSR count). The van der Waals surface area contributed by atoms with Crippen LogP contribution in [-0.4, -0.2) is 0 Å². The van der Waals surface area contributed by atoms with Gasteiger partial charge in [-0.05, 0) is 56.9 Å². The molecule has 2 radical (unpaired) electrons. The maximum atomic E-state index is 3.51. The highest BCUT2D eigenvalue weighted by Crippen LogP contribution is 2.36. The number of para-hydroxylation sites is 2. The lowest BCUT2D eigenvalue weighted by molar-refractivity contribution is 1.05. The maximum absolute atomic E-state index is 3.51. The molecule has 0 N–H and O–H groups in total. The second kappa shape index (κ2) is 5.53. The molecule has 0 fully saturated rings. The highest BCUT2D eigenvalue weighted by atomic mass is 15.4. The quantitative estimate of drug-likeness (QED) is 0.759. The number of nitrogens with zero attached hydrogens (tertiary/aromatic N) is 2. The van der Waals surface area contributed by atoms with E-state index in [9.17, 15) is 0 Å². The van der Waals surface area contributed by atoms with Crippen LogP contribution in [0.3, 0.4) is 0 Å². The van der Waals surface area contributed by atoms with Crippen molar-refractivity contribution < 1.29 is 0 Å². The third-order valence-corrected chi connectivity index (χ3v) is 4.22. The van der Waals surface area contributed by atoms with E-state index in [1.54, 1.807) is 0 Å². The van der Waals surface area contributed by atoms with Crippen molar-refractivity contribution in [3.05, 3.63) is 77.2 Å². The SMILES string of the molecule is CC1=CN(c2c(C)cccc2C)[C]N1c1c(C)cccc1C. The normalized spacial score (nSPS) is 14.5. The largest absolute Gasteiger partial charge is 0.314 e. The Labute approximate surface area is 133 Å². The van der Waals surface area contributed by atoms with Gasteiger partial charge in [0.15, 0.2) is 0 Å².